The zero-order chi connectivity index (χ0) is 15.8. The van der Waals surface area contributed by atoms with E-state index in [1.165, 1.54) is 0 Å². The lowest BCUT2D eigenvalue weighted by molar-refractivity contribution is 0.658. The predicted octanol–water partition coefficient (Wildman–Crippen LogP) is 4.00. The van der Waals surface area contributed by atoms with Gasteiger partial charge in [-0.05, 0) is 19.1 Å². The molecule has 21 heavy (non-hydrogen) atoms. The van der Waals surface area contributed by atoms with Gasteiger partial charge in [0.15, 0.2) is 0 Å². The van der Waals surface area contributed by atoms with Gasteiger partial charge in [-0.15, -0.1) is 0 Å². The smallest absolute Gasteiger partial charge is 0.135 e. The molecule has 0 fully saturated rings. The Morgan fingerprint density at radius 3 is 2.52 bits per heavy atom. The molecule has 0 radical (unpaired) electrons. The van der Waals surface area contributed by atoms with E-state index in [0.717, 1.165) is 42.6 Å². The summed E-state index contributed by atoms with van der Waals surface area (Å²) in [6.45, 7) is 9.62. The Labute approximate surface area is 134 Å². The summed E-state index contributed by atoms with van der Waals surface area (Å²) in [5, 5.41) is 3.39. The van der Waals surface area contributed by atoms with Crippen molar-refractivity contribution in [3.05, 3.63) is 11.9 Å². The second kappa shape index (κ2) is 9.13. The van der Waals surface area contributed by atoms with Crippen molar-refractivity contribution >= 4 is 23.4 Å². The SMILES string of the molecule is CCCNc1cc(N(C)C(CC)CSC)nc(C(C)C)n1. The molecule has 0 saturated carbocycles. The maximum atomic E-state index is 4.76. The average Bonchev–Trinajstić information content (AvgIpc) is 2.49. The van der Waals surface area contributed by atoms with Crippen molar-refractivity contribution in [3.63, 3.8) is 0 Å². The minimum atomic E-state index is 0.334. The van der Waals surface area contributed by atoms with Crippen molar-refractivity contribution < 1.29 is 0 Å². The quantitative estimate of drug-likeness (QED) is 0.746. The molecule has 0 saturated heterocycles. The fourth-order valence-corrected chi connectivity index (χ4v) is 2.96. The number of aromatic nitrogens is 2. The second-order valence-corrected chi connectivity index (χ2v) is 6.59. The van der Waals surface area contributed by atoms with Crippen LogP contribution in [0, 0.1) is 0 Å². The Morgan fingerprint density at radius 1 is 1.29 bits per heavy atom. The molecular formula is C16H30N4S. The molecule has 5 heteroatoms. The largest absolute Gasteiger partial charge is 0.370 e. The van der Waals surface area contributed by atoms with E-state index in [4.69, 9.17) is 4.98 Å². The molecule has 0 aliphatic rings. The van der Waals surface area contributed by atoms with Gasteiger partial charge in [0.1, 0.15) is 17.5 Å². The minimum Gasteiger partial charge on any atom is -0.370 e. The van der Waals surface area contributed by atoms with Crippen LogP contribution in [0.4, 0.5) is 11.6 Å². The number of nitrogens with one attached hydrogen (secondary N) is 1. The number of anilines is 2. The van der Waals surface area contributed by atoms with Crippen molar-refractivity contribution in [2.75, 3.05) is 35.8 Å². The molecule has 0 aliphatic carbocycles. The summed E-state index contributed by atoms with van der Waals surface area (Å²) in [6, 6.07) is 2.58. The van der Waals surface area contributed by atoms with E-state index in [0.29, 0.717) is 12.0 Å². The first-order valence-corrected chi connectivity index (χ1v) is 9.27. The van der Waals surface area contributed by atoms with E-state index in [1.807, 2.05) is 11.8 Å². The number of thioether (sulfide) groups is 1. The first-order valence-electron chi connectivity index (χ1n) is 7.88. The van der Waals surface area contributed by atoms with E-state index in [1.54, 1.807) is 0 Å². The second-order valence-electron chi connectivity index (χ2n) is 5.68. The third kappa shape index (κ3) is 5.38. The van der Waals surface area contributed by atoms with Crippen LogP contribution in [0.25, 0.3) is 0 Å². The van der Waals surface area contributed by atoms with E-state index >= 15 is 0 Å². The van der Waals surface area contributed by atoms with Gasteiger partial charge in [-0.1, -0.05) is 27.7 Å². The number of hydrogen-bond donors (Lipinski definition) is 1. The van der Waals surface area contributed by atoms with Gasteiger partial charge >= 0.3 is 0 Å². The number of hydrogen-bond acceptors (Lipinski definition) is 5. The highest BCUT2D eigenvalue weighted by Gasteiger charge is 2.17. The molecular weight excluding hydrogens is 280 g/mol. The molecule has 1 heterocycles. The number of rotatable bonds is 9. The Hall–Kier alpha value is -0.970. The van der Waals surface area contributed by atoms with Crippen molar-refractivity contribution in [2.45, 2.75) is 52.5 Å². The first-order chi connectivity index (χ1) is 10.0. The summed E-state index contributed by atoms with van der Waals surface area (Å²) in [6.07, 6.45) is 4.37. The Kier molecular flexibility index (Phi) is 7.86. The van der Waals surface area contributed by atoms with E-state index in [9.17, 15) is 0 Å². The number of nitrogens with zero attached hydrogens (tertiary/aromatic N) is 3. The zero-order valence-corrected chi connectivity index (χ0v) is 15.1. The fraction of sp³-hybridized carbons (Fsp3) is 0.750. The zero-order valence-electron chi connectivity index (χ0n) is 14.3. The van der Waals surface area contributed by atoms with Gasteiger partial charge in [-0.3, -0.25) is 0 Å². The maximum Gasteiger partial charge on any atom is 0.135 e. The minimum absolute atomic E-state index is 0.334. The van der Waals surface area contributed by atoms with E-state index in [-0.39, 0.29) is 0 Å². The summed E-state index contributed by atoms with van der Waals surface area (Å²) in [5.41, 5.74) is 0. The van der Waals surface area contributed by atoms with Crippen molar-refractivity contribution in [3.8, 4) is 0 Å². The van der Waals surface area contributed by atoms with Crippen LogP contribution < -0.4 is 10.2 Å². The Morgan fingerprint density at radius 2 is 2.00 bits per heavy atom. The molecule has 1 rings (SSSR count). The van der Waals surface area contributed by atoms with Crippen LogP contribution in [0.3, 0.4) is 0 Å². The van der Waals surface area contributed by atoms with Gasteiger partial charge in [0, 0.05) is 37.4 Å². The van der Waals surface area contributed by atoms with Gasteiger partial charge in [0.25, 0.3) is 0 Å². The topological polar surface area (TPSA) is 41.0 Å². The maximum absolute atomic E-state index is 4.76. The van der Waals surface area contributed by atoms with Crippen LogP contribution in [-0.4, -0.2) is 41.6 Å². The molecule has 1 unspecified atom stereocenters. The van der Waals surface area contributed by atoms with Gasteiger partial charge in [0.2, 0.25) is 0 Å². The summed E-state index contributed by atoms with van der Waals surface area (Å²) in [4.78, 5) is 11.7. The summed E-state index contributed by atoms with van der Waals surface area (Å²) < 4.78 is 0. The van der Waals surface area contributed by atoms with Crippen molar-refractivity contribution in [1.82, 2.24) is 9.97 Å². The van der Waals surface area contributed by atoms with Crippen LogP contribution in [-0.2, 0) is 0 Å². The molecule has 0 amide bonds. The van der Waals surface area contributed by atoms with Crippen LogP contribution >= 0.6 is 11.8 Å². The lowest BCUT2D eigenvalue weighted by Crippen LogP contribution is -2.34. The predicted molar refractivity (Wildman–Crippen MR) is 95.8 cm³/mol. The molecule has 0 spiro atoms. The van der Waals surface area contributed by atoms with Gasteiger partial charge < -0.3 is 10.2 Å². The molecule has 0 bridgehead atoms. The highest BCUT2D eigenvalue weighted by atomic mass is 32.2. The highest BCUT2D eigenvalue weighted by molar-refractivity contribution is 7.98. The van der Waals surface area contributed by atoms with E-state index in [2.05, 4.69) is 62.3 Å². The molecule has 1 aromatic heterocycles. The lowest BCUT2D eigenvalue weighted by Gasteiger charge is -2.28. The van der Waals surface area contributed by atoms with Crippen LogP contribution in [0.1, 0.15) is 52.3 Å². The van der Waals surface area contributed by atoms with Crippen LogP contribution in [0.5, 0.6) is 0 Å². The normalized spacial score (nSPS) is 12.5. The molecule has 0 aromatic carbocycles. The standard InChI is InChI=1S/C16H30N4S/c1-7-9-17-14-10-15(19-16(18-14)12(3)4)20(5)13(8-2)11-21-6/h10,12-13H,7-9,11H2,1-6H3,(H,17,18,19). The van der Waals surface area contributed by atoms with Crippen molar-refractivity contribution in [1.29, 1.82) is 0 Å². The summed E-state index contributed by atoms with van der Waals surface area (Å²) in [5.74, 6) is 4.33. The highest BCUT2D eigenvalue weighted by Crippen LogP contribution is 2.22. The summed E-state index contributed by atoms with van der Waals surface area (Å²) in [7, 11) is 2.14. The molecule has 1 atom stereocenters. The van der Waals surface area contributed by atoms with Gasteiger partial charge in [0.05, 0.1) is 0 Å². The van der Waals surface area contributed by atoms with Crippen LogP contribution in [0.2, 0.25) is 0 Å². The third-order valence-corrected chi connectivity index (χ3v) is 4.26. The first kappa shape index (κ1) is 18.1. The Balaban J connectivity index is 3.05. The lowest BCUT2D eigenvalue weighted by atomic mass is 10.2. The molecule has 4 nitrogen and oxygen atoms in total. The third-order valence-electron chi connectivity index (χ3n) is 3.54. The van der Waals surface area contributed by atoms with E-state index < -0.39 is 0 Å². The molecule has 120 valence electrons. The van der Waals surface area contributed by atoms with Crippen molar-refractivity contribution in [2.24, 2.45) is 0 Å². The average molecular weight is 311 g/mol. The van der Waals surface area contributed by atoms with Gasteiger partial charge in [-0.2, -0.15) is 11.8 Å². The van der Waals surface area contributed by atoms with Crippen LogP contribution in [0.15, 0.2) is 6.07 Å². The fourth-order valence-electron chi connectivity index (χ4n) is 2.12. The molecule has 1 N–H and O–H groups in total. The monoisotopic (exact) mass is 310 g/mol. The summed E-state index contributed by atoms with van der Waals surface area (Å²) >= 11 is 1.89. The van der Waals surface area contributed by atoms with Gasteiger partial charge in [-0.25, -0.2) is 9.97 Å². The molecule has 1 aromatic rings. The Bertz CT molecular complexity index is 423. The molecule has 0 aliphatic heterocycles.